The Morgan fingerprint density at radius 1 is 1.00 bits per heavy atom. The molecular weight excluding hydrogens is 518 g/mol. The second-order valence-electron chi connectivity index (χ2n) is 8.58. The average Bonchev–Trinajstić information content (AvgIpc) is 2.84. The molecule has 0 radical (unpaired) electrons. The monoisotopic (exact) mass is 538 g/mol. The number of anilines is 1. The van der Waals surface area contributed by atoms with Crippen molar-refractivity contribution in [3.8, 4) is 11.3 Å². The summed E-state index contributed by atoms with van der Waals surface area (Å²) in [6.07, 6.45) is -5.53. The van der Waals surface area contributed by atoms with Gasteiger partial charge in [-0.25, -0.2) is 9.78 Å². The number of hydrogen-bond donors (Lipinski definition) is 2. The van der Waals surface area contributed by atoms with Gasteiger partial charge in [0.2, 0.25) is 0 Å². The summed E-state index contributed by atoms with van der Waals surface area (Å²) in [5.41, 5.74) is -3.60. The number of aromatic amines is 1. The first kappa shape index (κ1) is 26.8. The van der Waals surface area contributed by atoms with Crippen LogP contribution in [0.2, 0.25) is 0 Å². The van der Waals surface area contributed by atoms with Gasteiger partial charge in [0.25, 0.3) is 11.1 Å². The Labute approximate surface area is 210 Å². The highest BCUT2D eigenvalue weighted by Crippen LogP contribution is 2.32. The van der Waals surface area contributed by atoms with Gasteiger partial charge in [-0.05, 0) is 44.0 Å². The van der Waals surface area contributed by atoms with Gasteiger partial charge in [-0.2, -0.15) is 36.5 Å². The summed E-state index contributed by atoms with van der Waals surface area (Å²) >= 11 is 0. The molecule has 0 unspecified atom stereocenters. The molecule has 4 rings (SSSR count). The van der Waals surface area contributed by atoms with Gasteiger partial charge in [-0.1, -0.05) is 6.07 Å². The Balaban J connectivity index is 1.43. The van der Waals surface area contributed by atoms with Crippen molar-refractivity contribution in [2.24, 2.45) is 0 Å². The lowest BCUT2D eigenvalue weighted by molar-refractivity contribution is -0.138. The predicted octanol–water partition coefficient (Wildman–Crippen LogP) is 4.86. The Morgan fingerprint density at radius 3 is 2.42 bits per heavy atom. The molecule has 0 aliphatic heterocycles. The molecule has 0 aliphatic carbocycles. The molecule has 0 fully saturated rings. The second kappa shape index (κ2) is 10.3. The number of H-pyrrole nitrogens is 1. The molecule has 1 aromatic carbocycles. The third-order valence-corrected chi connectivity index (χ3v) is 5.79. The van der Waals surface area contributed by atoms with E-state index in [0.29, 0.717) is 34.9 Å². The van der Waals surface area contributed by atoms with Crippen LogP contribution in [-0.4, -0.2) is 31.0 Å². The van der Waals surface area contributed by atoms with Crippen LogP contribution in [0.25, 0.3) is 22.0 Å². The topological polar surface area (TPSA) is 106 Å². The van der Waals surface area contributed by atoms with Crippen LogP contribution in [0, 0.1) is 0 Å². The van der Waals surface area contributed by atoms with Crippen molar-refractivity contribution in [1.29, 1.82) is 0 Å². The zero-order valence-corrected chi connectivity index (χ0v) is 19.7. The maximum atomic E-state index is 13.2. The predicted molar refractivity (Wildman–Crippen MR) is 126 cm³/mol. The molecule has 2 N–H and O–H groups in total. The van der Waals surface area contributed by atoms with Gasteiger partial charge in [-0.3, -0.25) is 14.6 Å². The molecule has 0 aliphatic rings. The van der Waals surface area contributed by atoms with Crippen LogP contribution in [0.15, 0.2) is 58.5 Å². The number of hydrogen-bond acceptors (Lipinski definition) is 6. The Hall–Kier alpha value is -4.23. The number of nitrogens with zero attached hydrogens (tertiary/aromatic N) is 4. The van der Waals surface area contributed by atoms with E-state index in [2.05, 4.69) is 20.5 Å². The van der Waals surface area contributed by atoms with Crippen molar-refractivity contribution in [2.45, 2.75) is 44.7 Å². The summed E-state index contributed by atoms with van der Waals surface area (Å²) in [5.74, 6) is 0. The van der Waals surface area contributed by atoms with Crippen LogP contribution < -0.4 is 16.4 Å². The fraction of sp³-hybridized carbons (Fsp3) is 0.292. The summed E-state index contributed by atoms with van der Waals surface area (Å²) in [6, 6.07) is 6.40. The maximum Gasteiger partial charge on any atom is 0.423 e. The Morgan fingerprint density at radius 2 is 1.76 bits per heavy atom. The number of nitrogens with one attached hydrogen (secondary N) is 2. The van der Waals surface area contributed by atoms with Gasteiger partial charge in [-0.15, -0.1) is 0 Å². The van der Waals surface area contributed by atoms with Gasteiger partial charge in [0, 0.05) is 29.7 Å². The summed E-state index contributed by atoms with van der Waals surface area (Å²) in [4.78, 5) is 28.3. The molecule has 0 spiro atoms. The molecule has 0 saturated heterocycles. The number of aryl methyl sites for hydroxylation is 1. The van der Waals surface area contributed by atoms with Crippen LogP contribution in [0.3, 0.4) is 0 Å². The third-order valence-electron chi connectivity index (χ3n) is 5.79. The summed E-state index contributed by atoms with van der Waals surface area (Å²) in [6.45, 7) is 1.82. The molecule has 4 aromatic rings. The quantitative estimate of drug-likeness (QED) is 0.326. The average molecular weight is 538 g/mol. The highest BCUT2D eigenvalue weighted by molar-refractivity contribution is 5.85. The first-order valence-corrected chi connectivity index (χ1v) is 11.3. The van der Waals surface area contributed by atoms with Crippen molar-refractivity contribution in [3.05, 3.63) is 80.8 Å². The fourth-order valence-electron chi connectivity index (χ4n) is 3.91. The lowest BCUT2D eigenvalue weighted by Crippen LogP contribution is -2.28. The normalized spacial score (nSPS) is 13.0. The molecule has 8 nitrogen and oxygen atoms in total. The van der Waals surface area contributed by atoms with Crippen molar-refractivity contribution in [3.63, 3.8) is 0 Å². The molecule has 3 heterocycles. The molecule has 0 saturated carbocycles. The molecule has 38 heavy (non-hydrogen) atoms. The van der Waals surface area contributed by atoms with E-state index in [1.54, 1.807) is 24.2 Å². The lowest BCUT2D eigenvalue weighted by atomic mass is 10.1. The van der Waals surface area contributed by atoms with Crippen molar-refractivity contribution in [1.82, 2.24) is 25.0 Å². The number of benzene rings is 1. The van der Waals surface area contributed by atoms with Gasteiger partial charge in [0.1, 0.15) is 5.56 Å². The van der Waals surface area contributed by atoms with Crippen LogP contribution in [0.4, 0.5) is 32.0 Å². The minimum atomic E-state index is -4.86. The molecule has 3 aromatic heterocycles. The molecular formula is C24H20F6N6O2. The SMILES string of the molecule is C[C@@H](CCCn1ncc2cc(-c3ccc(C(F)(F)F)cn3)ccc2c1=O)Nc1cn[nH]c(=O)c1C(F)(F)F. The lowest BCUT2D eigenvalue weighted by Gasteiger charge is -2.18. The van der Waals surface area contributed by atoms with Crippen LogP contribution in [-0.2, 0) is 18.9 Å². The van der Waals surface area contributed by atoms with E-state index in [1.165, 1.54) is 23.0 Å². The second-order valence-corrected chi connectivity index (χ2v) is 8.58. The van der Waals surface area contributed by atoms with Gasteiger partial charge < -0.3 is 5.32 Å². The van der Waals surface area contributed by atoms with Crippen LogP contribution in [0.5, 0.6) is 0 Å². The molecule has 14 heteroatoms. The standard InChI is InChI=1S/C24H20F6N6O2/c1-13(34-19-12-32-35-21(37)20(19)24(28,29)30)3-2-8-36-22(38)17-6-4-14(9-15(17)10-33-36)18-7-5-16(11-31-18)23(25,26)27/h4-7,9-13H,2-3,8H2,1H3,(H2,34,35,37)/t13-/m0/s1. The van der Waals surface area contributed by atoms with Crippen molar-refractivity contribution >= 4 is 16.5 Å². The maximum absolute atomic E-state index is 13.2. The zero-order valence-electron chi connectivity index (χ0n) is 19.7. The number of rotatable bonds is 7. The molecule has 0 amide bonds. The van der Waals surface area contributed by atoms with Crippen LogP contribution >= 0.6 is 0 Å². The van der Waals surface area contributed by atoms with Gasteiger partial charge in [0.15, 0.2) is 0 Å². The zero-order chi connectivity index (χ0) is 27.7. The van der Waals surface area contributed by atoms with E-state index < -0.39 is 46.3 Å². The highest BCUT2D eigenvalue weighted by Gasteiger charge is 2.37. The summed E-state index contributed by atoms with van der Waals surface area (Å²) in [5, 5.41) is 12.8. The third kappa shape index (κ3) is 5.84. The number of fused-ring (bicyclic) bond motifs is 1. The Kier molecular flexibility index (Phi) is 7.24. The van der Waals surface area contributed by atoms with Crippen molar-refractivity contribution in [2.75, 3.05) is 5.32 Å². The number of aromatic nitrogens is 5. The van der Waals surface area contributed by atoms with E-state index in [-0.39, 0.29) is 6.54 Å². The molecule has 0 bridgehead atoms. The Bertz CT molecular complexity index is 1560. The highest BCUT2D eigenvalue weighted by atomic mass is 19.4. The van der Waals surface area contributed by atoms with Crippen LogP contribution in [0.1, 0.15) is 30.9 Å². The van der Waals surface area contributed by atoms with Gasteiger partial charge in [0.05, 0.1) is 34.7 Å². The largest absolute Gasteiger partial charge is 0.423 e. The first-order valence-electron chi connectivity index (χ1n) is 11.3. The number of halogens is 6. The van der Waals surface area contributed by atoms with E-state index in [1.807, 2.05) is 0 Å². The van der Waals surface area contributed by atoms with E-state index in [4.69, 9.17) is 0 Å². The first-order chi connectivity index (χ1) is 17.8. The van der Waals surface area contributed by atoms with E-state index in [9.17, 15) is 35.9 Å². The van der Waals surface area contributed by atoms with Gasteiger partial charge >= 0.3 is 12.4 Å². The van der Waals surface area contributed by atoms with E-state index >= 15 is 0 Å². The number of pyridine rings is 1. The number of alkyl halides is 6. The minimum absolute atomic E-state index is 0.183. The van der Waals surface area contributed by atoms with E-state index in [0.717, 1.165) is 18.5 Å². The fourth-order valence-corrected chi connectivity index (χ4v) is 3.91. The van der Waals surface area contributed by atoms with Crippen molar-refractivity contribution < 1.29 is 26.3 Å². The summed E-state index contributed by atoms with van der Waals surface area (Å²) in [7, 11) is 0. The summed E-state index contributed by atoms with van der Waals surface area (Å²) < 4.78 is 79.2. The smallest absolute Gasteiger partial charge is 0.381 e. The molecule has 200 valence electrons. The minimum Gasteiger partial charge on any atom is -0.381 e. The molecule has 1 atom stereocenters.